The lowest BCUT2D eigenvalue weighted by molar-refractivity contribution is -0.147. The first-order chi connectivity index (χ1) is 10.9. The van der Waals surface area contributed by atoms with E-state index in [1.54, 1.807) is 12.1 Å². The molecule has 0 saturated carbocycles. The fraction of sp³-hybridized carbons (Fsp3) is 0.579. The van der Waals surface area contributed by atoms with Gasteiger partial charge < -0.3 is 9.47 Å². The molecular formula is C19H28O4. The Balaban J connectivity index is 2.24. The van der Waals surface area contributed by atoms with Gasteiger partial charge in [-0.15, -0.1) is 0 Å². The van der Waals surface area contributed by atoms with Crippen LogP contribution in [0, 0.1) is 5.92 Å². The number of hydrogen-bond donors (Lipinski definition) is 0. The van der Waals surface area contributed by atoms with Crippen molar-refractivity contribution >= 4 is 11.9 Å². The molecule has 1 rings (SSSR count). The van der Waals surface area contributed by atoms with Crippen LogP contribution in [0.4, 0.5) is 0 Å². The molecule has 4 heteroatoms. The summed E-state index contributed by atoms with van der Waals surface area (Å²) in [7, 11) is 0. The molecule has 128 valence electrons. The second-order valence-electron chi connectivity index (χ2n) is 6.45. The normalized spacial score (nSPS) is 10.9. The first-order valence-corrected chi connectivity index (χ1v) is 8.34. The standard InChI is InChI=1S/C19H28O4/c1-14(2)6-5-13-22-18(20)11-12-19(21)23-17-9-7-16(8-10-17)15(3)4/h7-10,14-15H,5-6,11-13H2,1-4H3. The average molecular weight is 320 g/mol. The highest BCUT2D eigenvalue weighted by molar-refractivity contribution is 5.79. The van der Waals surface area contributed by atoms with Crippen molar-refractivity contribution in [1.82, 2.24) is 0 Å². The number of esters is 2. The number of hydrogen-bond acceptors (Lipinski definition) is 4. The fourth-order valence-corrected chi connectivity index (χ4v) is 2.06. The summed E-state index contributed by atoms with van der Waals surface area (Å²) in [6.07, 6.45) is 1.98. The predicted octanol–water partition coefficient (Wildman–Crippen LogP) is 4.48. The maximum Gasteiger partial charge on any atom is 0.311 e. The lowest BCUT2D eigenvalue weighted by atomic mass is 10.0. The molecule has 0 amide bonds. The van der Waals surface area contributed by atoms with Crippen molar-refractivity contribution in [2.75, 3.05) is 6.61 Å². The van der Waals surface area contributed by atoms with Gasteiger partial charge in [-0.1, -0.05) is 39.8 Å². The monoisotopic (exact) mass is 320 g/mol. The summed E-state index contributed by atoms with van der Waals surface area (Å²) < 4.78 is 10.3. The van der Waals surface area contributed by atoms with Crippen molar-refractivity contribution in [2.24, 2.45) is 5.92 Å². The molecule has 0 bridgehead atoms. The number of carbonyl (C=O) groups is 2. The van der Waals surface area contributed by atoms with Crippen LogP contribution >= 0.6 is 0 Å². The van der Waals surface area contributed by atoms with Crippen molar-refractivity contribution in [1.29, 1.82) is 0 Å². The third-order valence-electron chi connectivity index (χ3n) is 3.50. The van der Waals surface area contributed by atoms with Gasteiger partial charge in [0.05, 0.1) is 19.4 Å². The van der Waals surface area contributed by atoms with Crippen LogP contribution in [0.1, 0.15) is 64.9 Å². The molecule has 0 heterocycles. The van der Waals surface area contributed by atoms with Gasteiger partial charge in [0.1, 0.15) is 5.75 Å². The summed E-state index contributed by atoms with van der Waals surface area (Å²) in [5.41, 5.74) is 1.19. The van der Waals surface area contributed by atoms with Crippen LogP contribution in [-0.4, -0.2) is 18.5 Å². The zero-order chi connectivity index (χ0) is 17.2. The molecule has 0 saturated heterocycles. The topological polar surface area (TPSA) is 52.6 Å². The number of ether oxygens (including phenoxy) is 2. The molecule has 0 aromatic heterocycles. The van der Waals surface area contributed by atoms with Gasteiger partial charge in [-0.2, -0.15) is 0 Å². The van der Waals surface area contributed by atoms with E-state index < -0.39 is 5.97 Å². The molecule has 4 nitrogen and oxygen atoms in total. The summed E-state index contributed by atoms with van der Waals surface area (Å²) >= 11 is 0. The van der Waals surface area contributed by atoms with Crippen LogP contribution < -0.4 is 4.74 Å². The van der Waals surface area contributed by atoms with Gasteiger partial charge in [-0.25, -0.2) is 0 Å². The summed E-state index contributed by atoms with van der Waals surface area (Å²) in [6, 6.07) is 7.43. The maximum atomic E-state index is 11.7. The van der Waals surface area contributed by atoms with Gasteiger partial charge in [0.25, 0.3) is 0 Å². The highest BCUT2D eigenvalue weighted by atomic mass is 16.5. The van der Waals surface area contributed by atoms with E-state index in [0.717, 1.165) is 12.8 Å². The first-order valence-electron chi connectivity index (χ1n) is 8.34. The van der Waals surface area contributed by atoms with E-state index in [-0.39, 0.29) is 18.8 Å². The van der Waals surface area contributed by atoms with Crippen LogP contribution in [0.25, 0.3) is 0 Å². The molecule has 0 radical (unpaired) electrons. The van der Waals surface area contributed by atoms with Gasteiger partial charge in [-0.3, -0.25) is 9.59 Å². The Morgan fingerprint density at radius 3 is 2.13 bits per heavy atom. The number of benzene rings is 1. The minimum absolute atomic E-state index is 0.0367. The molecule has 0 aliphatic heterocycles. The summed E-state index contributed by atoms with van der Waals surface area (Å²) in [6.45, 7) is 8.89. The fourth-order valence-electron chi connectivity index (χ4n) is 2.06. The Hall–Kier alpha value is -1.84. The van der Waals surface area contributed by atoms with E-state index in [2.05, 4.69) is 27.7 Å². The molecule has 0 fully saturated rings. The number of carbonyl (C=O) groups excluding carboxylic acids is 2. The van der Waals surface area contributed by atoms with Crippen molar-refractivity contribution in [3.63, 3.8) is 0 Å². The smallest absolute Gasteiger partial charge is 0.311 e. The quantitative estimate of drug-likeness (QED) is 0.382. The maximum absolute atomic E-state index is 11.7. The molecular weight excluding hydrogens is 292 g/mol. The Labute approximate surface area is 139 Å². The van der Waals surface area contributed by atoms with Crippen LogP contribution in [0.2, 0.25) is 0 Å². The van der Waals surface area contributed by atoms with Gasteiger partial charge >= 0.3 is 11.9 Å². The minimum atomic E-state index is -0.415. The molecule has 0 atom stereocenters. The lowest BCUT2D eigenvalue weighted by Gasteiger charge is -2.08. The van der Waals surface area contributed by atoms with Gasteiger partial charge in [0.2, 0.25) is 0 Å². The van der Waals surface area contributed by atoms with Gasteiger partial charge in [0, 0.05) is 0 Å². The second kappa shape index (κ2) is 10.0. The van der Waals surface area contributed by atoms with Gasteiger partial charge in [0.15, 0.2) is 0 Å². The SMILES string of the molecule is CC(C)CCCOC(=O)CCC(=O)Oc1ccc(C(C)C)cc1. The molecule has 0 aliphatic rings. The predicted molar refractivity (Wildman–Crippen MR) is 90.4 cm³/mol. The molecule has 1 aromatic carbocycles. The lowest BCUT2D eigenvalue weighted by Crippen LogP contribution is -2.13. The van der Waals surface area contributed by atoms with Crippen LogP contribution in [0.3, 0.4) is 0 Å². The average Bonchev–Trinajstić information content (AvgIpc) is 2.50. The highest BCUT2D eigenvalue weighted by Crippen LogP contribution is 2.19. The largest absolute Gasteiger partial charge is 0.466 e. The molecule has 1 aromatic rings. The highest BCUT2D eigenvalue weighted by Gasteiger charge is 2.10. The van der Waals surface area contributed by atoms with Crippen molar-refractivity contribution < 1.29 is 19.1 Å². The summed E-state index contributed by atoms with van der Waals surface area (Å²) in [4.78, 5) is 23.3. The third kappa shape index (κ3) is 8.38. The zero-order valence-electron chi connectivity index (χ0n) is 14.6. The van der Waals surface area contributed by atoms with E-state index in [1.807, 2.05) is 12.1 Å². The molecule has 0 aliphatic carbocycles. The Morgan fingerprint density at radius 2 is 1.57 bits per heavy atom. The van der Waals surface area contributed by atoms with Crippen LogP contribution in [-0.2, 0) is 14.3 Å². The Bertz CT molecular complexity index is 489. The van der Waals surface area contributed by atoms with E-state index in [9.17, 15) is 9.59 Å². The van der Waals surface area contributed by atoms with Gasteiger partial charge in [-0.05, 0) is 42.4 Å². The van der Waals surface area contributed by atoms with Crippen LogP contribution in [0.5, 0.6) is 5.75 Å². The van der Waals surface area contributed by atoms with E-state index >= 15 is 0 Å². The zero-order valence-corrected chi connectivity index (χ0v) is 14.6. The van der Waals surface area contributed by atoms with E-state index in [0.29, 0.717) is 24.2 Å². The first kappa shape index (κ1) is 19.2. The molecule has 0 spiro atoms. The van der Waals surface area contributed by atoms with E-state index in [4.69, 9.17) is 9.47 Å². The Kier molecular flexibility index (Phi) is 8.38. The second-order valence-corrected chi connectivity index (χ2v) is 6.45. The van der Waals surface area contributed by atoms with Crippen molar-refractivity contribution in [3.05, 3.63) is 29.8 Å². The van der Waals surface area contributed by atoms with E-state index in [1.165, 1.54) is 5.56 Å². The Morgan fingerprint density at radius 1 is 0.957 bits per heavy atom. The summed E-state index contributed by atoms with van der Waals surface area (Å²) in [5, 5.41) is 0. The van der Waals surface area contributed by atoms with Crippen molar-refractivity contribution in [3.8, 4) is 5.75 Å². The molecule has 23 heavy (non-hydrogen) atoms. The third-order valence-corrected chi connectivity index (χ3v) is 3.50. The molecule has 0 unspecified atom stereocenters. The van der Waals surface area contributed by atoms with Crippen molar-refractivity contribution in [2.45, 2.75) is 59.3 Å². The molecule has 0 N–H and O–H groups in total. The summed E-state index contributed by atoms with van der Waals surface area (Å²) in [5.74, 6) is 0.781. The van der Waals surface area contributed by atoms with Crippen LogP contribution in [0.15, 0.2) is 24.3 Å². The number of rotatable bonds is 9. The minimum Gasteiger partial charge on any atom is -0.466 e.